The molecule has 0 spiro atoms. The molecule has 0 aliphatic heterocycles. The van der Waals surface area contributed by atoms with Crippen molar-refractivity contribution in [1.82, 2.24) is 0 Å². The number of rotatable bonds is 3. The van der Waals surface area contributed by atoms with Crippen LogP contribution in [0, 0.1) is 0 Å². The van der Waals surface area contributed by atoms with E-state index in [4.69, 9.17) is 0 Å². The fraction of sp³-hybridized carbons (Fsp3) is 0.0909. The molecular weight excluding hydrogens is 328 g/mol. The highest BCUT2D eigenvalue weighted by molar-refractivity contribution is 6.09. The van der Waals surface area contributed by atoms with E-state index >= 15 is 0 Å². The summed E-state index contributed by atoms with van der Waals surface area (Å²) in [5.41, 5.74) is 2.66. The van der Waals surface area contributed by atoms with Crippen LogP contribution in [0.4, 0.5) is 0 Å². The Morgan fingerprint density at radius 3 is 1.35 bits per heavy atom. The van der Waals surface area contributed by atoms with Gasteiger partial charge in [0, 0.05) is 11.1 Å². The van der Waals surface area contributed by atoms with Crippen LogP contribution in [-0.2, 0) is 13.2 Å². The Kier molecular flexibility index (Phi) is 3.99. The number of hydrogen-bond donors (Lipinski definition) is 4. The summed E-state index contributed by atoms with van der Waals surface area (Å²) in [5.74, 6) is 0.145. The molecule has 4 aromatic rings. The fourth-order valence-electron chi connectivity index (χ4n) is 3.46. The van der Waals surface area contributed by atoms with Crippen LogP contribution in [-0.4, -0.2) is 20.4 Å². The minimum absolute atomic E-state index is 0.0599. The Labute approximate surface area is 150 Å². The summed E-state index contributed by atoms with van der Waals surface area (Å²) in [5, 5.41) is 43.2. The smallest absolute Gasteiger partial charge is 0.124 e. The molecule has 0 saturated carbocycles. The number of aliphatic hydroxyl groups is 2. The van der Waals surface area contributed by atoms with Gasteiger partial charge in [-0.3, -0.25) is 0 Å². The number of hydrogen-bond acceptors (Lipinski definition) is 4. The number of benzene rings is 4. The average Bonchev–Trinajstić information content (AvgIpc) is 2.68. The van der Waals surface area contributed by atoms with Crippen molar-refractivity contribution in [2.45, 2.75) is 13.2 Å². The molecule has 0 radical (unpaired) electrons. The lowest BCUT2D eigenvalue weighted by Crippen LogP contribution is -1.90. The van der Waals surface area contributed by atoms with E-state index in [0.29, 0.717) is 11.1 Å². The third-order valence-corrected chi connectivity index (χ3v) is 4.74. The van der Waals surface area contributed by atoms with E-state index in [1.54, 1.807) is 36.4 Å². The fourth-order valence-corrected chi connectivity index (χ4v) is 3.46. The van der Waals surface area contributed by atoms with E-state index in [1.165, 1.54) is 0 Å². The average molecular weight is 346 g/mol. The number of phenols is 2. The molecular formula is C22H18O4. The van der Waals surface area contributed by atoms with Crippen LogP contribution in [0.5, 0.6) is 11.5 Å². The second-order valence-corrected chi connectivity index (χ2v) is 6.35. The van der Waals surface area contributed by atoms with Crippen LogP contribution in [0.3, 0.4) is 0 Å². The summed E-state index contributed by atoms with van der Waals surface area (Å²) >= 11 is 0. The number of phenolic OH excluding ortho intramolecular Hbond substituents is 2. The number of aliphatic hydroxyl groups excluding tert-OH is 2. The van der Waals surface area contributed by atoms with Gasteiger partial charge in [-0.2, -0.15) is 0 Å². The lowest BCUT2D eigenvalue weighted by atomic mass is 9.91. The van der Waals surface area contributed by atoms with E-state index in [9.17, 15) is 20.4 Å². The molecule has 0 amide bonds. The molecule has 4 aromatic carbocycles. The third kappa shape index (κ3) is 2.56. The molecule has 0 saturated heterocycles. The van der Waals surface area contributed by atoms with Gasteiger partial charge in [0.15, 0.2) is 0 Å². The Balaban J connectivity index is 2.09. The van der Waals surface area contributed by atoms with Gasteiger partial charge < -0.3 is 20.4 Å². The summed E-state index contributed by atoms with van der Waals surface area (Å²) in [6, 6.07) is 17.8. The second-order valence-electron chi connectivity index (χ2n) is 6.35. The first kappa shape index (κ1) is 16.4. The molecule has 0 aliphatic carbocycles. The predicted octanol–water partition coefficient (Wildman–Crippen LogP) is 4.06. The van der Waals surface area contributed by atoms with E-state index in [1.807, 2.05) is 24.3 Å². The highest BCUT2D eigenvalue weighted by atomic mass is 16.3. The topological polar surface area (TPSA) is 80.9 Å². The Morgan fingerprint density at radius 2 is 0.962 bits per heavy atom. The van der Waals surface area contributed by atoms with Crippen LogP contribution in [0.15, 0.2) is 60.7 Å². The Bertz CT molecular complexity index is 1040. The van der Waals surface area contributed by atoms with E-state index in [2.05, 4.69) is 0 Å². The molecule has 4 heteroatoms. The van der Waals surface area contributed by atoms with Gasteiger partial charge >= 0.3 is 0 Å². The van der Waals surface area contributed by atoms with Crippen molar-refractivity contribution in [3.05, 3.63) is 71.8 Å². The molecule has 26 heavy (non-hydrogen) atoms. The van der Waals surface area contributed by atoms with Gasteiger partial charge in [-0.1, -0.05) is 36.4 Å². The SMILES string of the molecule is OCc1ccc2c(-c3c(O)ccc4cc(CO)ccc34)c(O)ccc2c1. The van der Waals surface area contributed by atoms with Crippen molar-refractivity contribution < 1.29 is 20.4 Å². The van der Waals surface area contributed by atoms with E-state index < -0.39 is 0 Å². The van der Waals surface area contributed by atoms with E-state index in [0.717, 1.165) is 32.7 Å². The molecule has 0 atom stereocenters. The summed E-state index contributed by atoms with van der Waals surface area (Å²) in [4.78, 5) is 0. The lowest BCUT2D eigenvalue weighted by Gasteiger charge is -2.15. The molecule has 0 unspecified atom stereocenters. The van der Waals surface area contributed by atoms with Gasteiger partial charge in [0.25, 0.3) is 0 Å². The summed E-state index contributed by atoms with van der Waals surface area (Å²) in [7, 11) is 0. The summed E-state index contributed by atoms with van der Waals surface area (Å²) < 4.78 is 0. The summed E-state index contributed by atoms with van der Waals surface area (Å²) in [6.07, 6.45) is 0. The van der Waals surface area contributed by atoms with Crippen molar-refractivity contribution in [3.63, 3.8) is 0 Å². The number of aromatic hydroxyl groups is 2. The van der Waals surface area contributed by atoms with Crippen LogP contribution in [0.2, 0.25) is 0 Å². The van der Waals surface area contributed by atoms with Crippen molar-refractivity contribution in [2.75, 3.05) is 0 Å². The van der Waals surface area contributed by atoms with Gasteiger partial charge in [-0.15, -0.1) is 0 Å². The minimum Gasteiger partial charge on any atom is -0.507 e. The third-order valence-electron chi connectivity index (χ3n) is 4.74. The zero-order valence-electron chi connectivity index (χ0n) is 14.0. The van der Waals surface area contributed by atoms with Crippen LogP contribution in [0.1, 0.15) is 11.1 Å². The van der Waals surface area contributed by atoms with Crippen LogP contribution in [0.25, 0.3) is 32.7 Å². The van der Waals surface area contributed by atoms with Crippen molar-refractivity contribution in [2.24, 2.45) is 0 Å². The maximum Gasteiger partial charge on any atom is 0.124 e. The maximum absolute atomic E-state index is 10.6. The lowest BCUT2D eigenvalue weighted by molar-refractivity contribution is 0.282. The molecule has 4 N–H and O–H groups in total. The van der Waals surface area contributed by atoms with Gasteiger partial charge in [0.2, 0.25) is 0 Å². The first-order valence-electron chi connectivity index (χ1n) is 8.33. The molecule has 4 nitrogen and oxygen atoms in total. The van der Waals surface area contributed by atoms with Gasteiger partial charge in [0.1, 0.15) is 11.5 Å². The highest BCUT2D eigenvalue weighted by Gasteiger charge is 2.17. The number of fused-ring (bicyclic) bond motifs is 2. The second kappa shape index (κ2) is 6.33. The quantitative estimate of drug-likeness (QED) is 0.451. The largest absolute Gasteiger partial charge is 0.507 e. The molecule has 0 aromatic heterocycles. The van der Waals surface area contributed by atoms with Crippen molar-refractivity contribution in [1.29, 1.82) is 0 Å². The van der Waals surface area contributed by atoms with Crippen molar-refractivity contribution in [3.8, 4) is 22.6 Å². The normalized spacial score (nSPS) is 11.3. The standard InChI is InChI=1S/C22H18O4/c23-11-13-1-5-17-15(9-13)3-7-19(25)21(17)22-18-6-2-14(12-24)10-16(18)4-8-20(22)26/h1-10,23-26H,11-12H2. The van der Waals surface area contributed by atoms with E-state index in [-0.39, 0.29) is 24.7 Å². The Hall–Kier alpha value is -3.08. The van der Waals surface area contributed by atoms with Gasteiger partial charge in [-0.05, 0) is 56.9 Å². The molecule has 0 heterocycles. The molecule has 0 aliphatic rings. The van der Waals surface area contributed by atoms with Gasteiger partial charge in [-0.25, -0.2) is 0 Å². The van der Waals surface area contributed by atoms with Crippen LogP contribution < -0.4 is 0 Å². The van der Waals surface area contributed by atoms with Crippen LogP contribution >= 0.6 is 0 Å². The zero-order chi connectivity index (χ0) is 18.3. The van der Waals surface area contributed by atoms with Gasteiger partial charge in [0.05, 0.1) is 13.2 Å². The minimum atomic E-state index is -0.0599. The first-order valence-corrected chi connectivity index (χ1v) is 8.33. The maximum atomic E-state index is 10.6. The predicted molar refractivity (Wildman–Crippen MR) is 102 cm³/mol. The first-order chi connectivity index (χ1) is 12.6. The monoisotopic (exact) mass is 346 g/mol. The molecule has 130 valence electrons. The molecule has 0 fully saturated rings. The van der Waals surface area contributed by atoms with Crippen molar-refractivity contribution >= 4 is 21.5 Å². The molecule has 4 rings (SSSR count). The molecule has 0 bridgehead atoms. The zero-order valence-corrected chi connectivity index (χ0v) is 14.0. The summed E-state index contributed by atoms with van der Waals surface area (Å²) in [6.45, 7) is -0.120. The Morgan fingerprint density at radius 1 is 0.538 bits per heavy atom. The highest BCUT2D eigenvalue weighted by Crippen LogP contribution is 2.44.